The minimum absolute atomic E-state index is 0.0254. The van der Waals surface area contributed by atoms with Crippen LogP contribution in [0, 0.1) is 17.0 Å². The molecule has 0 bridgehead atoms. The minimum Gasteiger partial charge on any atom is -0.360 e. The standard InChI is InChI=1S/C10H16N6O4S/c1-6-8(16(17)18)9(14-10(12-6)15-11)13-7-3-2-4-21(19,20)5-7/h7H,2-5,11H2,1H3,(H2,12,13,14,15). The van der Waals surface area contributed by atoms with Crippen molar-refractivity contribution in [2.75, 3.05) is 22.2 Å². The lowest BCUT2D eigenvalue weighted by Crippen LogP contribution is -2.35. The number of anilines is 2. The largest absolute Gasteiger partial charge is 0.360 e. The summed E-state index contributed by atoms with van der Waals surface area (Å²) in [5, 5.41) is 14.0. The van der Waals surface area contributed by atoms with E-state index in [0.717, 1.165) is 0 Å². The number of hydrazine groups is 1. The number of hydrogen-bond acceptors (Lipinski definition) is 9. The first-order valence-corrected chi connectivity index (χ1v) is 8.11. The molecule has 0 amide bonds. The van der Waals surface area contributed by atoms with Gasteiger partial charge in [-0.05, 0) is 19.8 Å². The van der Waals surface area contributed by atoms with Gasteiger partial charge >= 0.3 is 5.69 Å². The zero-order valence-corrected chi connectivity index (χ0v) is 12.2. The Hall–Kier alpha value is -2.01. The monoisotopic (exact) mass is 316 g/mol. The lowest BCUT2D eigenvalue weighted by atomic mass is 10.2. The molecule has 2 rings (SSSR count). The fourth-order valence-electron chi connectivity index (χ4n) is 2.28. The number of aryl methyl sites for hydroxylation is 1. The van der Waals surface area contributed by atoms with E-state index >= 15 is 0 Å². The molecule has 1 atom stereocenters. The molecule has 0 radical (unpaired) electrons. The second-order valence-electron chi connectivity index (χ2n) is 4.83. The lowest BCUT2D eigenvalue weighted by molar-refractivity contribution is -0.385. The van der Waals surface area contributed by atoms with Gasteiger partial charge < -0.3 is 5.32 Å². The predicted molar refractivity (Wildman–Crippen MR) is 76.5 cm³/mol. The van der Waals surface area contributed by atoms with Crippen molar-refractivity contribution in [1.29, 1.82) is 0 Å². The molecule has 11 heteroatoms. The van der Waals surface area contributed by atoms with Crippen molar-refractivity contribution in [1.82, 2.24) is 9.97 Å². The average Bonchev–Trinajstić information content (AvgIpc) is 2.36. The van der Waals surface area contributed by atoms with Crippen LogP contribution in [0.3, 0.4) is 0 Å². The van der Waals surface area contributed by atoms with Gasteiger partial charge in [-0.2, -0.15) is 4.98 Å². The van der Waals surface area contributed by atoms with Gasteiger partial charge in [0.15, 0.2) is 9.84 Å². The van der Waals surface area contributed by atoms with Crippen LogP contribution >= 0.6 is 0 Å². The summed E-state index contributed by atoms with van der Waals surface area (Å²) in [6, 6.07) is -0.414. The molecule has 116 valence electrons. The maximum absolute atomic E-state index is 11.6. The van der Waals surface area contributed by atoms with E-state index in [2.05, 4.69) is 20.7 Å². The SMILES string of the molecule is Cc1nc(NN)nc(NC2CCCS(=O)(=O)C2)c1[N+](=O)[O-]. The van der Waals surface area contributed by atoms with Crippen LogP contribution in [-0.2, 0) is 9.84 Å². The molecule has 0 saturated carbocycles. The molecule has 0 aromatic carbocycles. The first kappa shape index (κ1) is 15.4. The topological polar surface area (TPSA) is 153 Å². The van der Waals surface area contributed by atoms with Crippen molar-refractivity contribution in [3.8, 4) is 0 Å². The van der Waals surface area contributed by atoms with Gasteiger partial charge in [0.25, 0.3) is 0 Å². The number of nitro groups is 1. The molecule has 1 unspecified atom stereocenters. The van der Waals surface area contributed by atoms with Crippen molar-refractivity contribution in [2.24, 2.45) is 5.84 Å². The third-order valence-electron chi connectivity index (χ3n) is 3.17. The molecule has 2 heterocycles. The summed E-state index contributed by atoms with van der Waals surface area (Å²) in [7, 11) is -3.13. The summed E-state index contributed by atoms with van der Waals surface area (Å²) in [4.78, 5) is 18.3. The number of nitrogen functional groups attached to an aromatic ring is 1. The van der Waals surface area contributed by atoms with Gasteiger partial charge in [-0.25, -0.2) is 19.2 Å². The highest BCUT2D eigenvalue weighted by atomic mass is 32.2. The molecule has 0 aliphatic carbocycles. The van der Waals surface area contributed by atoms with Crippen LogP contribution in [0.15, 0.2) is 0 Å². The predicted octanol–water partition coefficient (Wildman–Crippen LogP) is -0.0321. The van der Waals surface area contributed by atoms with Crippen LogP contribution < -0.4 is 16.6 Å². The van der Waals surface area contributed by atoms with Crippen LogP contribution in [0.2, 0.25) is 0 Å². The maximum atomic E-state index is 11.6. The molecule has 0 spiro atoms. The van der Waals surface area contributed by atoms with E-state index < -0.39 is 20.8 Å². The van der Waals surface area contributed by atoms with Crippen molar-refractivity contribution in [3.05, 3.63) is 15.8 Å². The fourth-order valence-corrected chi connectivity index (χ4v) is 3.92. The third kappa shape index (κ3) is 3.55. The average molecular weight is 316 g/mol. The molecule has 1 aromatic rings. The smallest absolute Gasteiger partial charge is 0.332 e. The summed E-state index contributed by atoms with van der Waals surface area (Å²) < 4.78 is 23.2. The Kier molecular flexibility index (Phi) is 4.23. The summed E-state index contributed by atoms with van der Waals surface area (Å²) in [5.41, 5.74) is 2.09. The van der Waals surface area contributed by atoms with Crippen molar-refractivity contribution < 1.29 is 13.3 Å². The van der Waals surface area contributed by atoms with Gasteiger partial charge in [0.2, 0.25) is 11.8 Å². The third-order valence-corrected chi connectivity index (χ3v) is 4.99. The zero-order chi connectivity index (χ0) is 15.6. The fraction of sp³-hybridized carbons (Fsp3) is 0.600. The first-order valence-electron chi connectivity index (χ1n) is 6.29. The van der Waals surface area contributed by atoms with E-state index in [9.17, 15) is 18.5 Å². The Morgan fingerprint density at radius 2 is 2.14 bits per heavy atom. The summed E-state index contributed by atoms with van der Waals surface area (Å²) in [6.07, 6.45) is 1.12. The lowest BCUT2D eigenvalue weighted by Gasteiger charge is -2.23. The molecule has 1 aliphatic rings. The van der Waals surface area contributed by atoms with Gasteiger partial charge in [0, 0.05) is 6.04 Å². The number of rotatable bonds is 4. The van der Waals surface area contributed by atoms with E-state index in [4.69, 9.17) is 5.84 Å². The second kappa shape index (κ2) is 5.77. The molecule has 1 fully saturated rings. The number of hydrogen-bond donors (Lipinski definition) is 3. The van der Waals surface area contributed by atoms with Gasteiger partial charge in [-0.3, -0.25) is 15.5 Å². The summed E-state index contributed by atoms with van der Waals surface area (Å²) in [5.74, 6) is 5.30. The summed E-state index contributed by atoms with van der Waals surface area (Å²) in [6.45, 7) is 1.46. The molecule has 10 nitrogen and oxygen atoms in total. The van der Waals surface area contributed by atoms with E-state index in [1.54, 1.807) is 0 Å². The Balaban J connectivity index is 2.34. The Morgan fingerprint density at radius 1 is 1.43 bits per heavy atom. The maximum Gasteiger partial charge on any atom is 0.332 e. The minimum atomic E-state index is -3.13. The van der Waals surface area contributed by atoms with E-state index in [1.807, 2.05) is 0 Å². The molecular formula is C10H16N6O4S. The van der Waals surface area contributed by atoms with Crippen LogP contribution in [0.4, 0.5) is 17.5 Å². The Labute approximate surface area is 121 Å². The van der Waals surface area contributed by atoms with E-state index in [-0.39, 0.29) is 34.7 Å². The Bertz CT molecular complexity index is 662. The quantitative estimate of drug-likeness (QED) is 0.394. The van der Waals surface area contributed by atoms with Gasteiger partial charge in [0.05, 0.1) is 16.4 Å². The summed E-state index contributed by atoms with van der Waals surface area (Å²) >= 11 is 0. The number of aromatic nitrogens is 2. The van der Waals surface area contributed by atoms with Crippen LogP contribution in [0.5, 0.6) is 0 Å². The Morgan fingerprint density at radius 3 is 2.71 bits per heavy atom. The van der Waals surface area contributed by atoms with Gasteiger partial charge in [-0.1, -0.05) is 0 Å². The number of nitrogens with two attached hydrogens (primary N) is 1. The zero-order valence-electron chi connectivity index (χ0n) is 11.4. The molecule has 1 aliphatic heterocycles. The highest BCUT2D eigenvalue weighted by Crippen LogP contribution is 2.28. The van der Waals surface area contributed by atoms with Crippen molar-refractivity contribution in [3.63, 3.8) is 0 Å². The second-order valence-corrected chi connectivity index (χ2v) is 7.06. The van der Waals surface area contributed by atoms with Crippen LogP contribution in [0.1, 0.15) is 18.5 Å². The highest BCUT2D eigenvalue weighted by Gasteiger charge is 2.29. The van der Waals surface area contributed by atoms with Gasteiger partial charge in [-0.15, -0.1) is 0 Å². The van der Waals surface area contributed by atoms with E-state index in [1.165, 1.54) is 6.92 Å². The number of nitrogens with zero attached hydrogens (tertiary/aromatic N) is 3. The molecule has 1 aromatic heterocycles. The number of nitrogens with one attached hydrogen (secondary N) is 2. The van der Waals surface area contributed by atoms with Crippen molar-refractivity contribution in [2.45, 2.75) is 25.8 Å². The van der Waals surface area contributed by atoms with E-state index in [0.29, 0.717) is 12.8 Å². The molecule has 21 heavy (non-hydrogen) atoms. The van der Waals surface area contributed by atoms with Crippen LogP contribution in [-0.4, -0.2) is 40.9 Å². The van der Waals surface area contributed by atoms with Crippen LogP contribution in [0.25, 0.3) is 0 Å². The van der Waals surface area contributed by atoms with Crippen molar-refractivity contribution >= 4 is 27.3 Å². The van der Waals surface area contributed by atoms with Gasteiger partial charge in [0.1, 0.15) is 5.69 Å². The molecule has 4 N–H and O–H groups in total. The normalized spacial score (nSPS) is 20.8. The number of sulfone groups is 1. The first-order chi connectivity index (χ1) is 9.82. The molecule has 1 saturated heterocycles. The molecular weight excluding hydrogens is 300 g/mol. The highest BCUT2D eigenvalue weighted by molar-refractivity contribution is 7.91.